The van der Waals surface area contributed by atoms with Crippen molar-refractivity contribution in [2.45, 2.75) is 57.1 Å². The normalized spacial score (nSPS) is 19.2. The van der Waals surface area contributed by atoms with Crippen LogP contribution in [0, 0.1) is 5.92 Å². The van der Waals surface area contributed by atoms with Crippen LogP contribution >= 0.6 is 11.8 Å². The lowest BCUT2D eigenvalue weighted by Crippen LogP contribution is -2.48. The highest BCUT2D eigenvalue weighted by molar-refractivity contribution is 7.99. The van der Waals surface area contributed by atoms with Crippen molar-refractivity contribution in [1.82, 2.24) is 25.8 Å². The molecule has 3 N–H and O–H groups in total. The Labute approximate surface area is 169 Å². The van der Waals surface area contributed by atoms with Crippen LogP contribution in [0.1, 0.15) is 45.1 Å². The first-order chi connectivity index (χ1) is 13.5. The summed E-state index contributed by atoms with van der Waals surface area (Å²) in [4.78, 5) is 28.5. The van der Waals surface area contributed by atoms with Crippen molar-refractivity contribution < 1.29 is 9.59 Å². The highest BCUT2D eigenvalue weighted by Crippen LogP contribution is 2.23. The zero-order chi connectivity index (χ0) is 19.9. The maximum absolute atomic E-state index is 12.0. The van der Waals surface area contributed by atoms with Gasteiger partial charge in [0.2, 0.25) is 11.1 Å². The van der Waals surface area contributed by atoms with Crippen LogP contribution in [-0.4, -0.2) is 38.9 Å². The Kier molecular flexibility index (Phi) is 7.08. The van der Waals surface area contributed by atoms with Gasteiger partial charge in [-0.25, -0.2) is 9.78 Å². The lowest BCUT2D eigenvalue weighted by molar-refractivity contribution is -0.117. The molecule has 3 amide bonds. The van der Waals surface area contributed by atoms with E-state index in [1.54, 1.807) is 0 Å². The minimum absolute atomic E-state index is 0.0830. The molecule has 0 spiro atoms. The van der Waals surface area contributed by atoms with Crippen molar-refractivity contribution in [1.29, 1.82) is 0 Å². The number of aromatic amines is 1. The van der Waals surface area contributed by atoms with Crippen LogP contribution in [0.4, 0.5) is 4.79 Å². The van der Waals surface area contributed by atoms with E-state index in [9.17, 15) is 9.59 Å². The van der Waals surface area contributed by atoms with E-state index < -0.39 is 6.03 Å². The van der Waals surface area contributed by atoms with Gasteiger partial charge >= 0.3 is 6.03 Å². The summed E-state index contributed by atoms with van der Waals surface area (Å²) in [5.74, 6) is 0.834. The molecule has 0 bridgehead atoms. The van der Waals surface area contributed by atoms with Crippen LogP contribution < -0.4 is 10.6 Å². The van der Waals surface area contributed by atoms with Crippen LogP contribution in [-0.2, 0) is 11.2 Å². The summed E-state index contributed by atoms with van der Waals surface area (Å²) in [5, 5.41) is 12.8. The number of thioether (sulfide) groups is 1. The maximum atomic E-state index is 12.0. The molecule has 2 aromatic rings. The second-order valence-electron chi connectivity index (χ2n) is 7.20. The van der Waals surface area contributed by atoms with Crippen molar-refractivity contribution >= 4 is 23.7 Å². The lowest BCUT2D eigenvalue weighted by atomic mass is 9.86. The van der Waals surface area contributed by atoms with Crippen molar-refractivity contribution in [2.24, 2.45) is 5.92 Å². The molecule has 150 valence electrons. The van der Waals surface area contributed by atoms with Crippen LogP contribution in [0.5, 0.6) is 0 Å². The van der Waals surface area contributed by atoms with Gasteiger partial charge in [-0.3, -0.25) is 15.2 Å². The van der Waals surface area contributed by atoms with E-state index in [0.29, 0.717) is 16.9 Å². The van der Waals surface area contributed by atoms with Gasteiger partial charge in [0.15, 0.2) is 5.82 Å². The molecular formula is C20H27N5O2S. The summed E-state index contributed by atoms with van der Waals surface area (Å²) in [6.07, 6.45) is 5.39. The van der Waals surface area contributed by atoms with Crippen molar-refractivity contribution in [3.63, 3.8) is 0 Å². The number of nitrogens with zero attached hydrogens (tertiary/aromatic N) is 2. The number of benzene rings is 1. The minimum Gasteiger partial charge on any atom is -0.335 e. The lowest BCUT2D eigenvalue weighted by Gasteiger charge is -2.29. The van der Waals surface area contributed by atoms with Gasteiger partial charge in [-0.05, 0) is 30.7 Å². The fraction of sp³-hybridized carbons (Fsp3) is 0.500. The molecule has 0 radical (unpaired) electrons. The van der Waals surface area contributed by atoms with Gasteiger partial charge in [-0.2, -0.15) is 0 Å². The van der Waals surface area contributed by atoms with E-state index in [4.69, 9.17) is 0 Å². The van der Waals surface area contributed by atoms with Gasteiger partial charge in [-0.1, -0.05) is 62.7 Å². The van der Waals surface area contributed by atoms with Gasteiger partial charge < -0.3 is 5.32 Å². The molecule has 1 aliphatic carbocycles. The standard InChI is InChI=1S/C20H27N5O2S/c1-3-14-8-10-15(11-9-14)18-23-20(25-24-18)28-12-17(26)22-19(27)21-16-7-5-4-6-13(16)2/h8-11,13,16H,3-7,12H2,1-2H3,(H,23,24,25)(H2,21,22,26,27)/t13-,16-/m1/s1. The number of aryl methyl sites for hydroxylation is 1. The fourth-order valence-corrected chi connectivity index (χ4v) is 3.96. The maximum Gasteiger partial charge on any atom is 0.321 e. The molecule has 1 aliphatic rings. The molecule has 2 atom stereocenters. The van der Waals surface area contributed by atoms with Crippen LogP contribution in [0.2, 0.25) is 0 Å². The van der Waals surface area contributed by atoms with Crippen LogP contribution in [0.3, 0.4) is 0 Å². The predicted molar refractivity (Wildman–Crippen MR) is 110 cm³/mol. The van der Waals surface area contributed by atoms with E-state index in [0.717, 1.165) is 31.2 Å². The molecule has 1 heterocycles. The smallest absolute Gasteiger partial charge is 0.321 e. The third kappa shape index (κ3) is 5.58. The van der Waals surface area contributed by atoms with Gasteiger partial charge in [0.05, 0.1) is 5.75 Å². The molecule has 1 saturated carbocycles. The summed E-state index contributed by atoms with van der Waals surface area (Å²) in [5.41, 5.74) is 2.21. The number of carbonyl (C=O) groups excluding carboxylic acids is 2. The monoisotopic (exact) mass is 401 g/mol. The predicted octanol–water partition coefficient (Wildman–Crippen LogP) is 3.53. The molecule has 7 nitrogen and oxygen atoms in total. The molecule has 28 heavy (non-hydrogen) atoms. The summed E-state index contributed by atoms with van der Waals surface area (Å²) in [6.45, 7) is 4.25. The van der Waals surface area contributed by atoms with Crippen molar-refractivity contribution in [3.8, 4) is 11.4 Å². The molecule has 1 aromatic heterocycles. The average Bonchev–Trinajstić information content (AvgIpc) is 3.17. The van der Waals surface area contributed by atoms with Crippen LogP contribution in [0.15, 0.2) is 29.4 Å². The highest BCUT2D eigenvalue weighted by atomic mass is 32.2. The number of aromatic nitrogens is 3. The summed E-state index contributed by atoms with van der Waals surface area (Å²) < 4.78 is 0. The molecule has 1 fully saturated rings. The third-order valence-electron chi connectivity index (χ3n) is 5.11. The Balaban J connectivity index is 1.45. The molecule has 0 aliphatic heterocycles. The number of nitrogens with one attached hydrogen (secondary N) is 3. The zero-order valence-electron chi connectivity index (χ0n) is 16.3. The number of amides is 3. The van der Waals surface area contributed by atoms with E-state index >= 15 is 0 Å². The Bertz CT molecular complexity index is 805. The quantitative estimate of drug-likeness (QED) is 0.643. The van der Waals surface area contributed by atoms with Gasteiger partial charge in [-0.15, -0.1) is 5.10 Å². The summed E-state index contributed by atoms with van der Waals surface area (Å²) in [7, 11) is 0. The second-order valence-corrected chi connectivity index (χ2v) is 8.14. The Hall–Kier alpha value is -2.35. The van der Waals surface area contributed by atoms with Gasteiger partial charge in [0.25, 0.3) is 0 Å². The Morgan fingerprint density at radius 3 is 2.68 bits per heavy atom. The summed E-state index contributed by atoms with van der Waals surface area (Å²) >= 11 is 1.19. The SMILES string of the molecule is CCc1ccc(-c2nc(SCC(=O)NC(=O)N[C@@H]3CCCC[C@H]3C)n[nH]2)cc1. The molecule has 1 aromatic carbocycles. The van der Waals surface area contributed by atoms with Gasteiger partial charge in [0, 0.05) is 11.6 Å². The number of carbonyl (C=O) groups is 2. The molecule has 8 heteroatoms. The van der Waals surface area contributed by atoms with E-state index in [2.05, 4.69) is 51.8 Å². The second kappa shape index (κ2) is 9.73. The van der Waals surface area contributed by atoms with Crippen molar-refractivity contribution in [2.75, 3.05) is 5.75 Å². The third-order valence-corrected chi connectivity index (χ3v) is 5.96. The molecular weight excluding hydrogens is 374 g/mol. The summed E-state index contributed by atoms with van der Waals surface area (Å²) in [6, 6.07) is 7.84. The number of hydrogen-bond acceptors (Lipinski definition) is 5. The highest BCUT2D eigenvalue weighted by Gasteiger charge is 2.23. The Morgan fingerprint density at radius 2 is 1.96 bits per heavy atom. The number of urea groups is 1. The molecule has 3 rings (SSSR count). The van der Waals surface area contributed by atoms with E-state index in [1.165, 1.54) is 23.7 Å². The van der Waals surface area contributed by atoms with Crippen molar-refractivity contribution in [3.05, 3.63) is 29.8 Å². The van der Waals surface area contributed by atoms with Gasteiger partial charge in [0.1, 0.15) is 0 Å². The number of imide groups is 1. The first kappa shape index (κ1) is 20.4. The molecule has 0 saturated heterocycles. The Morgan fingerprint density at radius 1 is 1.21 bits per heavy atom. The topological polar surface area (TPSA) is 99.8 Å². The largest absolute Gasteiger partial charge is 0.335 e. The first-order valence-corrected chi connectivity index (χ1v) is 10.8. The minimum atomic E-state index is -0.420. The van der Waals surface area contributed by atoms with Crippen LogP contribution in [0.25, 0.3) is 11.4 Å². The number of hydrogen-bond donors (Lipinski definition) is 3. The molecule has 0 unspecified atom stereocenters. The number of H-pyrrole nitrogens is 1. The van der Waals surface area contributed by atoms with E-state index in [-0.39, 0.29) is 17.7 Å². The zero-order valence-corrected chi connectivity index (χ0v) is 17.1. The number of rotatable bonds is 6. The van der Waals surface area contributed by atoms with E-state index in [1.807, 2.05) is 12.1 Å². The average molecular weight is 402 g/mol. The first-order valence-electron chi connectivity index (χ1n) is 9.80. The fourth-order valence-electron chi connectivity index (χ4n) is 3.37.